The summed E-state index contributed by atoms with van der Waals surface area (Å²) in [6.45, 7) is 3.90. The van der Waals surface area contributed by atoms with Crippen LogP contribution in [-0.2, 0) is 0 Å². The van der Waals surface area contributed by atoms with Crippen molar-refractivity contribution >= 4 is 11.8 Å². The summed E-state index contributed by atoms with van der Waals surface area (Å²) in [5.74, 6) is 1.30. The van der Waals surface area contributed by atoms with Gasteiger partial charge >= 0.3 is 0 Å². The Balaban J connectivity index is 1.72. The Morgan fingerprint density at radius 1 is 0.950 bits per heavy atom. The number of hydrogen-bond acceptors (Lipinski definition) is 3. The van der Waals surface area contributed by atoms with Crippen LogP contribution in [0.5, 0.6) is 0 Å². The van der Waals surface area contributed by atoms with Crippen LogP contribution in [0.2, 0.25) is 0 Å². The van der Waals surface area contributed by atoms with Crippen molar-refractivity contribution in [1.29, 1.82) is 0 Å². The van der Waals surface area contributed by atoms with Gasteiger partial charge in [0.05, 0.1) is 0 Å². The highest BCUT2D eigenvalue weighted by molar-refractivity contribution is 7.98. The molecule has 20 heavy (non-hydrogen) atoms. The lowest BCUT2D eigenvalue weighted by molar-refractivity contribution is -0.0255. The molecule has 3 fully saturated rings. The molecule has 2 aliphatic carbocycles. The quantitative estimate of drug-likeness (QED) is 0.855. The zero-order chi connectivity index (χ0) is 13.9. The van der Waals surface area contributed by atoms with Crippen molar-refractivity contribution in [2.45, 2.75) is 75.3 Å². The lowest BCUT2D eigenvalue weighted by atomic mass is 9.73. The van der Waals surface area contributed by atoms with Gasteiger partial charge in [0.15, 0.2) is 0 Å². The lowest BCUT2D eigenvalue weighted by Gasteiger charge is -2.57. The van der Waals surface area contributed by atoms with Crippen molar-refractivity contribution in [3.8, 4) is 0 Å². The third kappa shape index (κ3) is 3.05. The zero-order valence-corrected chi connectivity index (χ0v) is 14.1. The van der Waals surface area contributed by atoms with Crippen molar-refractivity contribution in [1.82, 2.24) is 10.2 Å². The van der Waals surface area contributed by atoms with E-state index in [1.165, 1.54) is 89.6 Å². The third-order valence-electron chi connectivity index (χ3n) is 6.12. The maximum absolute atomic E-state index is 4.05. The molecular formula is C17H32N2S. The number of rotatable bonds is 3. The zero-order valence-electron chi connectivity index (χ0n) is 13.3. The first-order chi connectivity index (χ1) is 9.79. The highest BCUT2D eigenvalue weighted by Crippen LogP contribution is 2.40. The maximum atomic E-state index is 4.05. The van der Waals surface area contributed by atoms with Crippen LogP contribution in [0, 0.1) is 0 Å². The molecule has 0 atom stereocenters. The van der Waals surface area contributed by atoms with Crippen LogP contribution < -0.4 is 5.32 Å². The van der Waals surface area contributed by atoms with Crippen LogP contribution in [0.25, 0.3) is 0 Å². The molecule has 0 aromatic carbocycles. The van der Waals surface area contributed by atoms with Gasteiger partial charge in [-0.1, -0.05) is 38.5 Å². The van der Waals surface area contributed by atoms with Crippen molar-refractivity contribution in [2.75, 3.05) is 31.6 Å². The molecule has 0 amide bonds. The molecule has 1 saturated heterocycles. The first-order valence-electron chi connectivity index (χ1n) is 8.78. The highest BCUT2D eigenvalue weighted by atomic mass is 32.2. The van der Waals surface area contributed by atoms with E-state index in [-0.39, 0.29) is 0 Å². The van der Waals surface area contributed by atoms with E-state index in [1.807, 2.05) is 11.8 Å². The van der Waals surface area contributed by atoms with E-state index in [9.17, 15) is 0 Å². The summed E-state index contributed by atoms with van der Waals surface area (Å²) in [7, 11) is 0. The molecule has 0 bridgehead atoms. The largest absolute Gasteiger partial charge is 0.308 e. The van der Waals surface area contributed by atoms with Crippen molar-refractivity contribution in [3.63, 3.8) is 0 Å². The Labute approximate surface area is 129 Å². The third-order valence-corrected chi connectivity index (χ3v) is 6.71. The van der Waals surface area contributed by atoms with E-state index in [0.29, 0.717) is 11.1 Å². The summed E-state index contributed by atoms with van der Waals surface area (Å²) in [5, 5.41) is 4.05. The SMILES string of the molecule is CSCCN1CC2(CCCCC2)NCC12CCCCC2. The van der Waals surface area contributed by atoms with Crippen molar-refractivity contribution in [2.24, 2.45) is 0 Å². The van der Waals surface area contributed by atoms with Gasteiger partial charge in [-0.3, -0.25) is 4.90 Å². The predicted octanol–water partition coefficient (Wildman–Crippen LogP) is 3.66. The van der Waals surface area contributed by atoms with Gasteiger partial charge in [0.1, 0.15) is 0 Å². The summed E-state index contributed by atoms with van der Waals surface area (Å²) in [6.07, 6.45) is 16.7. The van der Waals surface area contributed by atoms with Crippen LogP contribution in [0.1, 0.15) is 64.2 Å². The van der Waals surface area contributed by atoms with Gasteiger partial charge < -0.3 is 5.32 Å². The molecule has 2 nitrogen and oxygen atoms in total. The molecule has 0 radical (unpaired) electrons. The summed E-state index contributed by atoms with van der Waals surface area (Å²) < 4.78 is 0. The normalized spacial score (nSPS) is 29.9. The predicted molar refractivity (Wildman–Crippen MR) is 89.6 cm³/mol. The fourth-order valence-electron chi connectivity index (χ4n) is 4.84. The summed E-state index contributed by atoms with van der Waals surface area (Å²) in [5.41, 5.74) is 0.982. The van der Waals surface area contributed by atoms with Gasteiger partial charge in [0.2, 0.25) is 0 Å². The van der Waals surface area contributed by atoms with Gasteiger partial charge in [0, 0.05) is 36.5 Å². The highest BCUT2D eigenvalue weighted by Gasteiger charge is 2.47. The smallest absolute Gasteiger partial charge is 0.0335 e. The van der Waals surface area contributed by atoms with E-state index >= 15 is 0 Å². The average Bonchev–Trinajstić information content (AvgIpc) is 2.51. The Morgan fingerprint density at radius 3 is 2.25 bits per heavy atom. The standard InChI is InChI=1S/C17H32N2S/c1-20-13-12-19-15-16(8-4-2-5-9-16)18-14-17(19)10-6-3-7-11-17/h18H,2-15H2,1H3. The topological polar surface area (TPSA) is 15.3 Å². The van der Waals surface area contributed by atoms with E-state index in [4.69, 9.17) is 0 Å². The summed E-state index contributed by atoms with van der Waals surface area (Å²) in [4.78, 5) is 2.92. The maximum Gasteiger partial charge on any atom is 0.0335 e. The minimum atomic E-state index is 0.472. The first kappa shape index (κ1) is 15.2. The van der Waals surface area contributed by atoms with Crippen LogP contribution >= 0.6 is 11.8 Å². The second kappa shape index (κ2) is 6.58. The molecule has 3 aliphatic rings. The first-order valence-corrected chi connectivity index (χ1v) is 10.2. The molecule has 2 spiro atoms. The minimum Gasteiger partial charge on any atom is -0.308 e. The van der Waals surface area contributed by atoms with Crippen LogP contribution in [0.15, 0.2) is 0 Å². The molecule has 3 rings (SSSR count). The number of hydrogen-bond donors (Lipinski definition) is 1. The number of nitrogens with one attached hydrogen (secondary N) is 1. The Kier molecular flexibility index (Phi) is 4.99. The van der Waals surface area contributed by atoms with E-state index in [0.717, 1.165) is 0 Å². The van der Waals surface area contributed by atoms with Gasteiger partial charge in [-0.2, -0.15) is 11.8 Å². The van der Waals surface area contributed by atoms with E-state index in [2.05, 4.69) is 16.5 Å². The Hall–Kier alpha value is 0.270. The molecule has 1 heterocycles. The minimum absolute atomic E-state index is 0.472. The molecule has 116 valence electrons. The molecule has 1 aliphatic heterocycles. The lowest BCUT2D eigenvalue weighted by Crippen LogP contribution is -2.71. The fraction of sp³-hybridized carbons (Fsp3) is 1.00. The second-order valence-electron chi connectivity index (χ2n) is 7.39. The van der Waals surface area contributed by atoms with Gasteiger partial charge in [0.25, 0.3) is 0 Å². The molecule has 1 N–H and O–H groups in total. The fourth-order valence-corrected chi connectivity index (χ4v) is 5.24. The molecule has 2 saturated carbocycles. The molecule has 3 heteroatoms. The van der Waals surface area contributed by atoms with Crippen molar-refractivity contribution in [3.05, 3.63) is 0 Å². The summed E-state index contributed by atoms with van der Waals surface area (Å²) in [6, 6.07) is 0. The molecule has 0 unspecified atom stereocenters. The van der Waals surface area contributed by atoms with Crippen molar-refractivity contribution < 1.29 is 0 Å². The second-order valence-corrected chi connectivity index (χ2v) is 8.38. The average molecular weight is 297 g/mol. The summed E-state index contributed by atoms with van der Waals surface area (Å²) >= 11 is 2.02. The number of thioether (sulfide) groups is 1. The number of piperazine rings is 1. The number of nitrogens with zero attached hydrogens (tertiary/aromatic N) is 1. The molecular weight excluding hydrogens is 264 g/mol. The van der Waals surface area contributed by atoms with Crippen LogP contribution in [-0.4, -0.2) is 47.6 Å². The van der Waals surface area contributed by atoms with Crippen LogP contribution in [0.3, 0.4) is 0 Å². The van der Waals surface area contributed by atoms with Gasteiger partial charge in [-0.25, -0.2) is 0 Å². The molecule has 0 aromatic rings. The monoisotopic (exact) mass is 296 g/mol. The molecule has 0 aromatic heterocycles. The van der Waals surface area contributed by atoms with Gasteiger partial charge in [-0.05, 0) is 31.9 Å². The Bertz CT molecular complexity index is 306. The van der Waals surface area contributed by atoms with Crippen LogP contribution in [0.4, 0.5) is 0 Å². The van der Waals surface area contributed by atoms with E-state index < -0.39 is 0 Å². The Morgan fingerprint density at radius 2 is 1.60 bits per heavy atom. The van der Waals surface area contributed by atoms with Gasteiger partial charge in [-0.15, -0.1) is 0 Å². The van der Waals surface area contributed by atoms with E-state index in [1.54, 1.807) is 0 Å².